The molecule has 9 nitrogen and oxygen atoms in total. The first-order valence-corrected chi connectivity index (χ1v) is 8.07. The van der Waals surface area contributed by atoms with E-state index in [-0.39, 0.29) is 22.2 Å². The number of nitrogens with one attached hydrogen (secondary N) is 2. The number of H-pyrrole nitrogens is 1. The van der Waals surface area contributed by atoms with Crippen molar-refractivity contribution in [2.45, 2.75) is 11.8 Å². The van der Waals surface area contributed by atoms with Crippen LogP contribution in [0.2, 0.25) is 0 Å². The third-order valence-corrected chi connectivity index (χ3v) is 4.23. The molecule has 3 rings (SSSR count). The maximum absolute atomic E-state index is 12.3. The molecule has 0 radical (unpaired) electrons. The van der Waals surface area contributed by atoms with Gasteiger partial charge in [-0.25, -0.2) is 23.2 Å². The number of benzene rings is 1. The molecule has 23 heavy (non-hydrogen) atoms. The predicted molar refractivity (Wildman–Crippen MR) is 80.8 cm³/mol. The van der Waals surface area contributed by atoms with Gasteiger partial charge in [0.1, 0.15) is 0 Å². The third kappa shape index (κ3) is 3.16. The Kier molecular flexibility index (Phi) is 3.74. The second-order valence-electron chi connectivity index (χ2n) is 4.47. The summed E-state index contributed by atoms with van der Waals surface area (Å²) in [5.74, 6) is -0.651. The number of rotatable bonds is 5. The summed E-state index contributed by atoms with van der Waals surface area (Å²) in [6.07, 6.45) is 2.60. The Hall–Kier alpha value is -2.88. The van der Waals surface area contributed by atoms with Crippen LogP contribution in [0.5, 0.6) is 6.01 Å². The van der Waals surface area contributed by atoms with E-state index in [2.05, 4.69) is 19.7 Å². The van der Waals surface area contributed by atoms with Crippen molar-refractivity contribution in [1.29, 1.82) is 0 Å². The Balaban J connectivity index is 1.88. The summed E-state index contributed by atoms with van der Waals surface area (Å²) in [5, 5.41) is 0. The number of oxazole rings is 1. The smallest absolute Gasteiger partial charge is 0.417 e. The molecular weight excluding hydrogens is 324 g/mol. The number of hydrogen-bond acceptors (Lipinski definition) is 7. The van der Waals surface area contributed by atoms with Gasteiger partial charge in [0.2, 0.25) is 0 Å². The van der Waals surface area contributed by atoms with E-state index in [4.69, 9.17) is 9.15 Å². The van der Waals surface area contributed by atoms with Gasteiger partial charge in [-0.3, -0.25) is 9.71 Å². The summed E-state index contributed by atoms with van der Waals surface area (Å²) < 4.78 is 36.9. The van der Waals surface area contributed by atoms with Crippen molar-refractivity contribution in [2.75, 3.05) is 11.3 Å². The molecule has 0 unspecified atom stereocenters. The zero-order valence-electron chi connectivity index (χ0n) is 11.9. The van der Waals surface area contributed by atoms with Gasteiger partial charge in [0.05, 0.1) is 35.1 Å². The highest BCUT2D eigenvalue weighted by atomic mass is 32.2. The van der Waals surface area contributed by atoms with Crippen LogP contribution in [0.15, 0.2) is 44.7 Å². The van der Waals surface area contributed by atoms with Gasteiger partial charge in [-0.2, -0.15) is 0 Å². The van der Waals surface area contributed by atoms with Crippen LogP contribution < -0.4 is 15.2 Å². The van der Waals surface area contributed by atoms with E-state index in [1.165, 1.54) is 30.6 Å². The van der Waals surface area contributed by atoms with E-state index in [1.807, 2.05) is 0 Å². The predicted octanol–water partition coefficient (Wildman–Crippen LogP) is 1.11. The van der Waals surface area contributed by atoms with Crippen molar-refractivity contribution in [3.8, 4) is 6.01 Å². The molecule has 0 amide bonds. The van der Waals surface area contributed by atoms with E-state index in [1.54, 1.807) is 6.92 Å². The fourth-order valence-electron chi connectivity index (χ4n) is 1.88. The van der Waals surface area contributed by atoms with Gasteiger partial charge < -0.3 is 9.15 Å². The van der Waals surface area contributed by atoms with E-state index < -0.39 is 15.8 Å². The maximum Gasteiger partial charge on any atom is 0.417 e. The second kappa shape index (κ2) is 5.72. The van der Waals surface area contributed by atoms with Crippen molar-refractivity contribution >= 4 is 26.8 Å². The summed E-state index contributed by atoms with van der Waals surface area (Å²) in [5.41, 5.74) is 0.758. The van der Waals surface area contributed by atoms with Crippen LogP contribution in [0, 0.1) is 0 Å². The molecule has 3 aromatic rings. The third-order valence-electron chi connectivity index (χ3n) is 2.85. The number of sulfonamides is 1. The molecule has 120 valence electrons. The molecule has 1 aromatic carbocycles. The van der Waals surface area contributed by atoms with Gasteiger partial charge in [0.25, 0.3) is 10.0 Å². The highest BCUT2D eigenvalue weighted by Crippen LogP contribution is 2.19. The molecule has 0 aliphatic carbocycles. The topological polar surface area (TPSA) is 127 Å². The number of anilines is 1. The molecule has 2 aromatic heterocycles. The number of hydrogen-bond donors (Lipinski definition) is 2. The van der Waals surface area contributed by atoms with E-state index in [9.17, 15) is 13.2 Å². The van der Waals surface area contributed by atoms with Crippen LogP contribution in [0.4, 0.5) is 5.69 Å². The highest BCUT2D eigenvalue weighted by molar-refractivity contribution is 7.92. The largest absolute Gasteiger partial charge is 0.464 e. The SMILES string of the molecule is CCOc1ncc(NS(=O)(=O)c2ccc3oc(=O)[nH]c3c2)cn1. The van der Waals surface area contributed by atoms with Gasteiger partial charge in [0, 0.05) is 0 Å². The molecule has 2 N–H and O–H groups in total. The Morgan fingerprint density at radius 1 is 1.30 bits per heavy atom. The lowest BCUT2D eigenvalue weighted by Crippen LogP contribution is -2.13. The zero-order valence-corrected chi connectivity index (χ0v) is 12.8. The summed E-state index contributed by atoms with van der Waals surface area (Å²) in [4.78, 5) is 21.2. The Morgan fingerprint density at radius 3 is 2.74 bits per heavy atom. The number of aromatic nitrogens is 3. The summed E-state index contributed by atoms with van der Waals surface area (Å²) in [7, 11) is -3.86. The molecule has 10 heteroatoms. The van der Waals surface area contributed by atoms with Crippen molar-refractivity contribution in [3.63, 3.8) is 0 Å². The summed E-state index contributed by atoms with van der Waals surface area (Å²) in [6, 6.07) is 4.19. The van der Waals surface area contributed by atoms with E-state index in [0.717, 1.165) is 0 Å². The fraction of sp³-hybridized carbons (Fsp3) is 0.154. The van der Waals surface area contributed by atoms with Crippen LogP contribution in [-0.2, 0) is 10.0 Å². The van der Waals surface area contributed by atoms with Crippen molar-refractivity contribution in [2.24, 2.45) is 0 Å². The minimum absolute atomic E-state index is 0.0315. The quantitative estimate of drug-likeness (QED) is 0.714. The Morgan fingerprint density at radius 2 is 2.04 bits per heavy atom. The molecule has 0 aliphatic rings. The normalized spacial score (nSPS) is 11.5. The number of ether oxygens (including phenoxy) is 1. The van der Waals surface area contributed by atoms with E-state index >= 15 is 0 Å². The standard InChI is InChI=1S/C13H12N4O5S/c1-2-21-12-14-6-8(7-15-12)17-23(19,20)9-3-4-11-10(5-9)16-13(18)22-11/h3-7,17H,2H2,1H3,(H,16,18). The van der Waals surface area contributed by atoms with Crippen LogP contribution >= 0.6 is 0 Å². The average Bonchev–Trinajstić information content (AvgIpc) is 2.88. The highest BCUT2D eigenvalue weighted by Gasteiger charge is 2.16. The summed E-state index contributed by atoms with van der Waals surface area (Å²) in [6.45, 7) is 2.20. The Labute approximate surface area is 130 Å². The molecule has 0 saturated heterocycles. The number of fused-ring (bicyclic) bond motifs is 1. The Bertz CT molecular complexity index is 991. The summed E-state index contributed by atoms with van der Waals surface area (Å²) >= 11 is 0. The molecule has 0 aliphatic heterocycles. The van der Waals surface area contributed by atoms with Crippen molar-refractivity contribution in [3.05, 3.63) is 41.1 Å². The molecule has 0 saturated carbocycles. The van der Waals surface area contributed by atoms with Gasteiger partial charge >= 0.3 is 11.8 Å². The van der Waals surface area contributed by atoms with Gasteiger partial charge in [-0.05, 0) is 25.1 Å². The molecule has 0 bridgehead atoms. The first kappa shape index (κ1) is 15.0. The van der Waals surface area contributed by atoms with Crippen LogP contribution in [-0.4, -0.2) is 30.0 Å². The second-order valence-corrected chi connectivity index (χ2v) is 6.15. The van der Waals surface area contributed by atoms with Crippen molar-refractivity contribution in [1.82, 2.24) is 15.0 Å². The van der Waals surface area contributed by atoms with E-state index in [0.29, 0.717) is 12.1 Å². The van der Waals surface area contributed by atoms with Gasteiger partial charge in [-0.1, -0.05) is 0 Å². The van der Waals surface area contributed by atoms with Crippen LogP contribution in [0.3, 0.4) is 0 Å². The number of nitrogens with zero attached hydrogens (tertiary/aromatic N) is 2. The molecular formula is C13H12N4O5S. The molecule has 0 atom stereocenters. The molecule has 0 spiro atoms. The minimum atomic E-state index is -3.86. The first-order chi connectivity index (χ1) is 11.0. The van der Waals surface area contributed by atoms with Crippen molar-refractivity contribution < 1.29 is 17.6 Å². The lowest BCUT2D eigenvalue weighted by molar-refractivity contribution is 0.312. The molecule has 2 heterocycles. The van der Waals surface area contributed by atoms with Crippen LogP contribution in [0.25, 0.3) is 11.1 Å². The maximum atomic E-state index is 12.3. The first-order valence-electron chi connectivity index (χ1n) is 6.58. The molecule has 0 fully saturated rings. The van der Waals surface area contributed by atoms with Crippen LogP contribution in [0.1, 0.15) is 6.92 Å². The minimum Gasteiger partial charge on any atom is -0.464 e. The fourth-order valence-corrected chi connectivity index (χ4v) is 2.94. The average molecular weight is 336 g/mol. The zero-order chi connectivity index (χ0) is 16.4. The van der Waals surface area contributed by atoms with Gasteiger partial charge in [-0.15, -0.1) is 0 Å². The lowest BCUT2D eigenvalue weighted by Gasteiger charge is -2.08. The lowest BCUT2D eigenvalue weighted by atomic mass is 10.3. The monoisotopic (exact) mass is 336 g/mol. The van der Waals surface area contributed by atoms with Gasteiger partial charge in [0.15, 0.2) is 5.58 Å². The number of aromatic amines is 1.